The summed E-state index contributed by atoms with van der Waals surface area (Å²) in [4.78, 5) is 25.6. The maximum atomic E-state index is 14.7. The van der Waals surface area contributed by atoms with Gasteiger partial charge in [-0.15, -0.1) is 0 Å². The number of amides is 1. The zero-order valence-corrected chi connectivity index (χ0v) is 19.6. The van der Waals surface area contributed by atoms with Crippen LogP contribution in [0.2, 0.25) is 0 Å². The van der Waals surface area contributed by atoms with Crippen LogP contribution in [0.25, 0.3) is 11.2 Å². The smallest absolute Gasteiger partial charge is 0.257 e. The van der Waals surface area contributed by atoms with Crippen molar-refractivity contribution in [2.24, 2.45) is 5.92 Å². The van der Waals surface area contributed by atoms with Gasteiger partial charge in [-0.05, 0) is 69.1 Å². The molecule has 2 atom stereocenters. The number of fused-ring (bicyclic) bond motifs is 1. The predicted molar refractivity (Wildman–Crippen MR) is 132 cm³/mol. The lowest BCUT2D eigenvalue weighted by atomic mass is 10.1. The third-order valence-corrected chi connectivity index (χ3v) is 6.11. The highest BCUT2D eigenvalue weighted by Crippen LogP contribution is 2.25. The number of carbonyl (C=O) groups excluding carboxylic acids is 1. The number of hydrogen-bond acceptors (Lipinski definition) is 7. The van der Waals surface area contributed by atoms with Gasteiger partial charge in [-0.2, -0.15) is 5.10 Å². The monoisotopic (exact) mass is 474 g/mol. The molecule has 180 valence electrons. The van der Waals surface area contributed by atoms with Crippen LogP contribution in [0, 0.1) is 18.7 Å². The lowest BCUT2D eigenvalue weighted by Crippen LogP contribution is -2.15. The molecule has 1 aliphatic heterocycles. The number of anilines is 2. The van der Waals surface area contributed by atoms with Gasteiger partial charge in [-0.25, -0.2) is 14.4 Å². The molecule has 4 aromatic rings. The number of rotatable bonds is 7. The number of aromatic nitrogens is 5. The molecule has 0 bridgehead atoms. The van der Waals surface area contributed by atoms with E-state index in [2.05, 4.69) is 36.0 Å². The molecule has 0 saturated carbocycles. The average Bonchev–Trinajstić information content (AvgIpc) is 3.49. The minimum atomic E-state index is -0.425. The van der Waals surface area contributed by atoms with Crippen molar-refractivity contribution in [3.63, 3.8) is 0 Å². The van der Waals surface area contributed by atoms with E-state index in [4.69, 9.17) is 0 Å². The molecule has 1 unspecified atom stereocenters. The normalized spacial score (nSPS) is 16.4. The number of nitrogens with zero attached hydrogens (tertiary/aromatic N) is 5. The molecule has 1 aromatic carbocycles. The first-order chi connectivity index (χ1) is 16.9. The van der Waals surface area contributed by atoms with E-state index in [1.165, 1.54) is 18.3 Å². The summed E-state index contributed by atoms with van der Waals surface area (Å²) in [5.74, 6) is 0.362. The number of pyridine rings is 1. The van der Waals surface area contributed by atoms with Crippen molar-refractivity contribution in [3.8, 4) is 0 Å². The van der Waals surface area contributed by atoms with Crippen LogP contribution in [0.4, 0.5) is 15.9 Å². The molecule has 35 heavy (non-hydrogen) atoms. The molecule has 10 heteroatoms. The number of benzene rings is 1. The minimum absolute atomic E-state index is 0.306. The Morgan fingerprint density at radius 2 is 2.17 bits per heavy atom. The molecule has 3 aromatic heterocycles. The molecule has 3 N–H and O–H groups in total. The Kier molecular flexibility index (Phi) is 6.37. The summed E-state index contributed by atoms with van der Waals surface area (Å²) < 4.78 is 16.6. The molecule has 0 spiro atoms. The van der Waals surface area contributed by atoms with Gasteiger partial charge in [-0.3, -0.25) is 14.5 Å². The van der Waals surface area contributed by atoms with Gasteiger partial charge in [0, 0.05) is 30.2 Å². The summed E-state index contributed by atoms with van der Waals surface area (Å²) in [6.45, 7) is 6.55. The number of halogens is 1. The topological polar surface area (TPSA) is 110 Å². The zero-order valence-electron chi connectivity index (χ0n) is 19.6. The second-order valence-electron chi connectivity index (χ2n) is 8.98. The van der Waals surface area contributed by atoms with E-state index in [0.29, 0.717) is 34.2 Å². The average molecular weight is 475 g/mol. The highest BCUT2D eigenvalue weighted by atomic mass is 19.1. The van der Waals surface area contributed by atoms with Crippen LogP contribution in [0.1, 0.15) is 40.9 Å². The van der Waals surface area contributed by atoms with Crippen LogP contribution >= 0.6 is 0 Å². The van der Waals surface area contributed by atoms with Gasteiger partial charge >= 0.3 is 0 Å². The molecule has 1 aliphatic rings. The fraction of sp³-hybridized carbons (Fsp3) is 0.320. The van der Waals surface area contributed by atoms with Gasteiger partial charge in [0.15, 0.2) is 0 Å². The van der Waals surface area contributed by atoms with E-state index >= 15 is 0 Å². The van der Waals surface area contributed by atoms with E-state index in [1.54, 1.807) is 24.5 Å². The lowest BCUT2D eigenvalue weighted by Gasteiger charge is -2.17. The quantitative estimate of drug-likeness (QED) is 0.375. The Morgan fingerprint density at radius 1 is 1.29 bits per heavy atom. The molecule has 9 nitrogen and oxygen atoms in total. The largest absolute Gasteiger partial charge is 0.362 e. The maximum absolute atomic E-state index is 14.7. The van der Waals surface area contributed by atoms with Crippen LogP contribution < -0.4 is 16.0 Å². The highest BCUT2D eigenvalue weighted by Gasteiger charge is 2.17. The van der Waals surface area contributed by atoms with E-state index in [-0.39, 0.29) is 11.7 Å². The summed E-state index contributed by atoms with van der Waals surface area (Å²) in [6.07, 6.45) is 7.84. The number of nitrogens with one attached hydrogen (secondary N) is 3. The Morgan fingerprint density at radius 3 is 2.97 bits per heavy atom. The fourth-order valence-electron chi connectivity index (χ4n) is 4.28. The van der Waals surface area contributed by atoms with E-state index in [9.17, 15) is 9.18 Å². The second-order valence-corrected chi connectivity index (χ2v) is 8.98. The highest BCUT2D eigenvalue weighted by molar-refractivity contribution is 6.04. The zero-order chi connectivity index (χ0) is 24.4. The van der Waals surface area contributed by atoms with E-state index < -0.39 is 6.04 Å². The van der Waals surface area contributed by atoms with Crippen LogP contribution in [0.15, 0.2) is 49.1 Å². The van der Waals surface area contributed by atoms with E-state index in [1.807, 2.05) is 24.7 Å². The summed E-state index contributed by atoms with van der Waals surface area (Å²) in [7, 11) is 0. The third-order valence-electron chi connectivity index (χ3n) is 6.11. The fourth-order valence-corrected chi connectivity index (χ4v) is 4.28. The molecule has 0 radical (unpaired) electrons. The Labute approximate surface area is 202 Å². The summed E-state index contributed by atoms with van der Waals surface area (Å²) in [5, 5.41) is 13.9. The van der Waals surface area contributed by atoms with Gasteiger partial charge < -0.3 is 16.0 Å². The van der Waals surface area contributed by atoms with Crippen LogP contribution in [-0.2, 0) is 6.54 Å². The maximum Gasteiger partial charge on any atom is 0.257 e. The second kappa shape index (κ2) is 9.75. The molecule has 1 amide bonds. The van der Waals surface area contributed by atoms with Crippen molar-refractivity contribution in [1.29, 1.82) is 0 Å². The number of hydrogen-bond donors (Lipinski definition) is 3. The Balaban J connectivity index is 1.29. The molecular formula is C25H27FN8O. The predicted octanol–water partition coefficient (Wildman–Crippen LogP) is 3.70. The van der Waals surface area contributed by atoms with Crippen molar-refractivity contribution in [1.82, 2.24) is 30.0 Å². The first-order valence-corrected chi connectivity index (χ1v) is 11.6. The van der Waals surface area contributed by atoms with Crippen molar-refractivity contribution >= 4 is 28.6 Å². The molecule has 0 aliphatic carbocycles. The van der Waals surface area contributed by atoms with Crippen LogP contribution in [0.5, 0.6) is 0 Å². The summed E-state index contributed by atoms with van der Waals surface area (Å²) in [5.41, 5.74) is 3.47. The number of aryl methyl sites for hydroxylation is 1. The van der Waals surface area contributed by atoms with Crippen molar-refractivity contribution in [2.45, 2.75) is 32.9 Å². The lowest BCUT2D eigenvalue weighted by molar-refractivity contribution is 0.102. The van der Waals surface area contributed by atoms with Crippen molar-refractivity contribution in [2.75, 3.05) is 23.7 Å². The van der Waals surface area contributed by atoms with Crippen LogP contribution in [-0.4, -0.2) is 43.7 Å². The molecule has 1 fully saturated rings. The molecule has 4 heterocycles. The minimum Gasteiger partial charge on any atom is -0.362 e. The standard InChI is InChI=1S/C25H27FN8O/c1-15-7-18(11-28-9-15)25(35)31-19-3-4-21(26)20(8-19)16(2)30-23-12-29-22-14-34(33-24(22)32-23)13-17-5-6-27-10-17/h3-4,7-9,11-12,14,16-17,27H,5-6,10,13H2,1-2H3,(H,31,35)(H,30,32,33)/t16-,17?/m0/s1. The van der Waals surface area contributed by atoms with Gasteiger partial charge in [0.1, 0.15) is 17.2 Å². The van der Waals surface area contributed by atoms with E-state index in [0.717, 1.165) is 37.1 Å². The Bertz CT molecular complexity index is 1360. The molecular weight excluding hydrogens is 447 g/mol. The SMILES string of the molecule is Cc1cncc(C(=O)Nc2ccc(F)c([C@H](C)Nc3cnc4cn(CC5CCNC5)nc4n3)c2)c1. The number of carbonyl (C=O) groups is 1. The third kappa shape index (κ3) is 5.27. The summed E-state index contributed by atoms with van der Waals surface area (Å²) >= 11 is 0. The van der Waals surface area contributed by atoms with Gasteiger partial charge in [0.2, 0.25) is 5.65 Å². The van der Waals surface area contributed by atoms with Crippen molar-refractivity contribution in [3.05, 3.63) is 71.6 Å². The first kappa shape index (κ1) is 22.9. The Hall–Kier alpha value is -3.92. The van der Waals surface area contributed by atoms with Crippen LogP contribution in [0.3, 0.4) is 0 Å². The first-order valence-electron chi connectivity index (χ1n) is 11.6. The van der Waals surface area contributed by atoms with Gasteiger partial charge in [0.25, 0.3) is 5.91 Å². The van der Waals surface area contributed by atoms with Gasteiger partial charge in [-0.1, -0.05) is 0 Å². The molecule has 5 rings (SSSR count). The summed E-state index contributed by atoms with van der Waals surface area (Å²) in [6, 6.07) is 5.81. The van der Waals surface area contributed by atoms with Gasteiger partial charge in [0.05, 0.1) is 24.0 Å². The van der Waals surface area contributed by atoms with Crippen molar-refractivity contribution < 1.29 is 9.18 Å². The molecule has 1 saturated heterocycles.